The van der Waals surface area contributed by atoms with Crippen molar-refractivity contribution in [3.63, 3.8) is 0 Å². The van der Waals surface area contributed by atoms with Gasteiger partial charge in [0.15, 0.2) is 0 Å². The molecular weight excluding hydrogens is 224 g/mol. The van der Waals surface area contributed by atoms with Crippen LogP contribution in [-0.4, -0.2) is 40.9 Å². The van der Waals surface area contributed by atoms with Crippen LogP contribution in [0.1, 0.15) is 31.0 Å². The fourth-order valence-electron chi connectivity index (χ4n) is 3.56. The van der Waals surface area contributed by atoms with Crippen molar-refractivity contribution in [1.29, 1.82) is 0 Å². The first-order chi connectivity index (χ1) is 8.71. The minimum atomic E-state index is 0.578. The van der Waals surface area contributed by atoms with Crippen molar-refractivity contribution in [3.8, 4) is 0 Å². The van der Waals surface area contributed by atoms with E-state index in [2.05, 4.69) is 28.4 Å². The summed E-state index contributed by atoms with van der Waals surface area (Å²) in [6.07, 6.45) is 5.95. The zero-order chi connectivity index (χ0) is 12.6. The van der Waals surface area contributed by atoms with E-state index in [0.717, 1.165) is 13.0 Å². The summed E-state index contributed by atoms with van der Waals surface area (Å²) >= 11 is 0. The first-order valence-electron chi connectivity index (χ1n) is 7.15. The lowest BCUT2D eigenvalue weighted by Crippen LogP contribution is -2.29. The van der Waals surface area contributed by atoms with Gasteiger partial charge in [0.2, 0.25) is 0 Å². The van der Waals surface area contributed by atoms with Crippen molar-refractivity contribution >= 4 is 0 Å². The zero-order valence-electron chi connectivity index (χ0n) is 11.6. The second-order valence-electron chi connectivity index (χ2n) is 6.02. The van der Waals surface area contributed by atoms with Gasteiger partial charge >= 0.3 is 0 Å². The molecule has 2 fully saturated rings. The van der Waals surface area contributed by atoms with Gasteiger partial charge in [0.1, 0.15) is 0 Å². The minimum Gasteiger partial charge on any atom is -0.316 e. The average molecular weight is 248 g/mol. The standard InChI is InChI=1S/C14H24N4/c1-3-13-12(8-17(2)16-13)9-18-7-5-14(11-18)4-6-15-10-14/h8,15H,3-7,9-11H2,1-2H3. The summed E-state index contributed by atoms with van der Waals surface area (Å²) in [6, 6.07) is 0. The molecule has 2 aliphatic heterocycles. The first kappa shape index (κ1) is 12.2. The number of rotatable bonds is 3. The highest BCUT2D eigenvalue weighted by atomic mass is 15.3. The molecule has 1 aromatic heterocycles. The molecule has 100 valence electrons. The Morgan fingerprint density at radius 3 is 3.06 bits per heavy atom. The maximum Gasteiger partial charge on any atom is 0.0666 e. The average Bonchev–Trinajstić information content (AvgIpc) is 3.04. The molecule has 2 aliphatic rings. The maximum atomic E-state index is 4.54. The number of nitrogens with one attached hydrogen (secondary N) is 1. The van der Waals surface area contributed by atoms with E-state index in [0.29, 0.717) is 5.41 Å². The van der Waals surface area contributed by atoms with Gasteiger partial charge in [-0.25, -0.2) is 0 Å². The van der Waals surface area contributed by atoms with Crippen molar-refractivity contribution in [3.05, 3.63) is 17.5 Å². The molecule has 3 rings (SSSR count). The molecule has 4 heteroatoms. The van der Waals surface area contributed by atoms with Gasteiger partial charge in [0.05, 0.1) is 5.69 Å². The Morgan fingerprint density at radius 2 is 2.33 bits per heavy atom. The highest BCUT2D eigenvalue weighted by molar-refractivity contribution is 5.17. The van der Waals surface area contributed by atoms with Gasteiger partial charge < -0.3 is 5.32 Å². The topological polar surface area (TPSA) is 33.1 Å². The van der Waals surface area contributed by atoms with Crippen molar-refractivity contribution in [1.82, 2.24) is 20.0 Å². The fraction of sp³-hybridized carbons (Fsp3) is 0.786. The Bertz CT molecular complexity index is 417. The molecule has 0 amide bonds. The SMILES string of the molecule is CCc1nn(C)cc1CN1CCC2(CCNC2)C1. The lowest BCUT2D eigenvalue weighted by atomic mass is 9.86. The molecule has 1 unspecified atom stereocenters. The normalized spacial score (nSPS) is 28.6. The molecule has 1 spiro atoms. The van der Waals surface area contributed by atoms with Crippen molar-refractivity contribution in [2.24, 2.45) is 12.5 Å². The summed E-state index contributed by atoms with van der Waals surface area (Å²) in [5.74, 6) is 0. The van der Waals surface area contributed by atoms with Gasteiger partial charge in [-0.15, -0.1) is 0 Å². The third-order valence-electron chi connectivity index (χ3n) is 4.57. The van der Waals surface area contributed by atoms with E-state index < -0.39 is 0 Å². The van der Waals surface area contributed by atoms with Crippen molar-refractivity contribution in [2.75, 3.05) is 26.2 Å². The van der Waals surface area contributed by atoms with Gasteiger partial charge in [-0.2, -0.15) is 5.10 Å². The molecular formula is C14H24N4. The molecule has 0 aliphatic carbocycles. The van der Waals surface area contributed by atoms with E-state index >= 15 is 0 Å². The lowest BCUT2D eigenvalue weighted by molar-refractivity contribution is 0.268. The number of hydrogen-bond acceptors (Lipinski definition) is 3. The molecule has 0 aromatic carbocycles. The molecule has 1 N–H and O–H groups in total. The van der Waals surface area contributed by atoms with Crippen LogP contribution in [0.25, 0.3) is 0 Å². The van der Waals surface area contributed by atoms with Crippen LogP contribution in [0.3, 0.4) is 0 Å². The zero-order valence-corrected chi connectivity index (χ0v) is 11.6. The van der Waals surface area contributed by atoms with Gasteiger partial charge in [0.25, 0.3) is 0 Å². The van der Waals surface area contributed by atoms with Crippen LogP contribution in [0, 0.1) is 5.41 Å². The van der Waals surface area contributed by atoms with E-state index in [1.807, 2.05) is 11.7 Å². The highest BCUT2D eigenvalue weighted by Gasteiger charge is 2.40. The molecule has 4 nitrogen and oxygen atoms in total. The van der Waals surface area contributed by atoms with Crippen molar-refractivity contribution in [2.45, 2.75) is 32.7 Å². The summed E-state index contributed by atoms with van der Waals surface area (Å²) in [5, 5.41) is 8.06. The van der Waals surface area contributed by atoms with Gasteiger partial charge in [-0.1, -0.05) is 6.92 Å². The summed E-state index contributed by atoms with van der Waals surface area (Å²) in [4.78, 5) is 2.61. The predicted octanol–water partition coefficient (Wildman–Crippen LogP) is 1.17. The number of hydrogen-bond donors (Lipinski definition) is 1. The predicted molar refractivity (Wildman–Crippen MR) is 72.4 cm³/mol. The van der Waals surface area contributed by atoms with E-state index in [4.69, 9.17) is 0 Å². The minimum absolute atomic E-state index is 0.578. The number of aryl methyl sites for hydroxylation is 2. The second kappa shape index (κ2) is 4.67. The molecule has 0 radical (unpaired) electrons. The van der Waals surface area contributed by atoms with Gasteiger partial charge in [-0.05, 0) is 37.8 Å². The van der Waals surface area contributed by atoms with Crippen LogP contribution in [0.5, 0.6) is 0 Å². The number of likely N-dealkylation sites (tertiary alicyclic amines) is 1. The van der Waals surface area contributed by atoms with Crippen molar-refractivity contribution < 1.29 is 0 Å². The number of nitrogens with zero attached hydrogens (tertiary/aromatic N) is 3. The Kier molecular flexibility index (Phi) is 3.16. The number of aromatic nitrogens is 2. The lowest BCUT2D eigenvalue weighted by Gasteiger charge is -2.22. The molecule has 3 heterocycles. The highest BCUT2D eigenvalue weighted by Crippen LogP contribution is 2.36. The second-order valence-corrected chi connectivity index (χ2v) is 6.02. The van der Waals surface area contributed by atoms with Crippen LogP contribution in [-0.2, 0) is 20.0 Å². The Morgan fingerprint density at radius 1 is 1.44 bits per heavy atom. The van der Waals surface area contributed by atoms with E-state index in [9.17, 15) is 0 Å². The third-order valence-corrected chi connectivity index (χ3v) is 4.57. The van der Waals surface area contributed by atoms with E-state index in [-0.39, 0.29) is 0 Å². The van der Waals surface area contributed by atoms with Crippen LogP contribution in [0.2, 0.25) is 0 Å². The van der Waals surface area contributed by atoms with Crippen LogP contribution in [0.4, 0.5) is 0 Å². The molecule has 2 saturated heterocycles. The largest absolute Gasteiger partial charge is 0.316 e. The molecule has 0 bridgehead atoms. The summed E-state index contributed by atoms with van der Waals surface area (Å²) in [5.41, 5.74) is 3.26. The Hall–Kier alpha value is -0.870. The summed E-state index contributed by atoms with van der Waals surface area (Å²) in [6.45, 7) is 8.22. The quantitative estimate of drug-likeness (QED) is 0.871. The van der Waals surface area contributed by atoms with E-state index in [1.54, 1.807) is 0 Å². The van der Waals surface area contributed by atoms with Crippen LogP contribution >= 0.6 is 0 Å². The first-order valence-corrected chi connectivity index (χ1v) is 7.15. The summed E-state index contributed by atoms with van der Waals surface area (Å²) < 4.78 is 1.96. The third kappa shape index (κ3) is 2.19. The Labute approximate surface area is 109 Å². The Balaban J connectivity index is 1.66. The molecule has 1 atom stereocenters. The molecule has 18 heavy (non-hydrogen) atoms. The molecule has 1 aromatic rings. The monoisotopic (exact) mass is 248 g/mol. The van der Waals surface area contributed by atoms with Gasteiger partial charge in [0, 0.05) is 38.4 Å². The fourth-order valence-corrected chi connectivity index (χ4v) is 3.56. The smallest absolute Gasteiger partial charge is 0.0666 e. The summed E-state index contributed by atoms with van der Waals surface area (Å²) in [7, 11) is 2.02. The van der Waals surface area contributed by atoms with E-state index in [1.165, 1.54) is 50.3 Å². The van der Waals surface area contributed by atoms with Crippen LogP contribution < -0.4 is 5.32 Å². The van der Waals surface area contributed by atoms with Gasteiger partial charge in [-0.3, -0.25) is 9.58 Å². The van der Waals surface area contributed by atoms with Crippen LogP contribution in [0.15, 0.2) is 6.20 Å². The maximum absolute atomic E-state index is 4.54. The molecule has 0 saturated carbocycles.